The molecule has 0 aliphatic carbocycles. The Kier molecular flexibility index (Phi) is 3.45. The van der Waals surface area contributed by atoms with Gasteiger partial charge in [0.15, 0.2) is 12.3 Å². The average Bonchev–Trinajstić information content (AvgIpc) is 2.72. The van der Waals surface area contributed by atoms with Crippen LogP contribution in [0.3, 0.4) is 0 Å². The minimum absolute atomic E-state index is 0.0190. The maximum atomic E-state index is 13.5. The number of nitro groups is 1. The Morgan fingerprint density at radius 3 is 2.79 bits per heavy atom. The van der Waals surface area contributed by atoms with E-state index < -0.39 is 23.3 Å². The van der Waals surface area contributed by atoms with E-state index in [1.807, 2.05) is 0 Å². The quantitative estimate of drug-likeness (QED) is 0.651. The fourth-order valence-electron chi connectivity index (χ4n) is 1.71. The van der Waals surface area contributed by atoms with Crippen molar-refractivity contribution in [2.24, 2.45) is 0 Å². The van der Waals surface area contributed by atoms with Crippen LogP contribution in [-0.2, 0) is 0 Å². The SMILES string of the molecule is O=C(O)N1C[C@H](F)[C@H](Oc2ccc([N+](=O)[O-])cn2)C1. The molecule has 1 fully saturated rings. The number of carboxylic acid groups (broad SMARTS) is 1. The van der Waals surface area contributed by atoms with Gasteiger partial charge in [0.25, 0.3) is 5.69 Å². The Hall–Kier alpha value is -2.45. The van der Waals surface area contributed by atoms with Crippen LogP contribution in [0.2, 0.25) is 0 Å². The first-order chi connectivity index (χ1) is 8.97. The summed E-state index contributed by atoms with van der Waals surface area (Å²) in [5.41, 5.74) is -0.206. The lowest BCUT2D eigenvalue weighted by Gasteiger charge is -2.14. The number of aromatic nitrogens is 1. The van der Waals surface area contributed by atoms with Crippen molar-refractivity contribution in [2.45, 2.75) is 12.3 Å². The molecule has 1 aromatic heterocycles. The first kappa shape index (κ1) is 13.0. The fraction of sp³-hybridized carbons (Fsp3) is 0.400. The van der Waals surface area contributed by atoms with Gasteiger partial charge in [-0.2, -0.15) is 0 Å². The van der Waals surface area contributed by atoms with E-state index >= 15 is 0 Å². The molecule has 0 radical (unpaired) electrons. The molecule has 2 rings (SSSR count). The second-order valence-electron chi connectivity index (χ2n) is 3.97. The molecule has 0 spiro atoms. The second-order valence-corrected chi connectivity index (χ2v) is 3.97. The van der Waals surface area contributed by atoms with Gasteiger partial charge in [0.1, 0.15) is 6.20 Å². The van der Waals surface area contributed by atoms with E-state index in [2.05, 4.69) is 4.98 Å². The maximum Gasteiger partial charge on any atom is 0.407 e. The standard InChI is InChI=1S/C10H10FN3O5/c11-7-4-13(10(15)16)5-8(7)19-9-2-1-6(3-12-9)14(17)18/h1-3,7-8H,4-5H2,(H,15,16)/t7-,8+/m0/s1. The Labute approximate surface area is 106 Å². The normalized spacial score (nSPS) is 22.3. The molecule has 1 amide bonds. The van der Waals surface area contributed by atoms with Crippen LogP contribution in [0.25, 0.3) is 0 Å². The van der Waals surface area contributed by atoms with E-state index in [9.17, 15) is 19.3 Å². The largest absolute Gasteiger partial charge is 0.469 e. The molecular formula is C10H10FN3O5. The number of likely N-dealkylation sites (tertiary alicyclic amines) is 1. The first-order valence-corrected chi connectivity index (χ1v) is 5.36. The Balaban J connectivity index is 2.01. The lowest BCUT2D eigenvalue weighted by Crippen LogP contribution is -2.30. The van der Waals surface area contributed by atoms with Gasteiger partial charge >= 0.3 is 6.09 Å². The summed E-state index contributed by atoms with van der Waals surface area (Å²) in [6, 6.07) is 2.42. The van der Waals surface area contributed by atoms with Gasteiger partial charge in [-0.1, -0.05) is 0 Å². The fourth-order valence-corrected chi connectivity index (χ4v) is 1.71. The van der Waals surface area contributed by atoms with Crippen molar-refractivity contribution in [1.82, 2.24) is 9.88 Å². The number of carbonyl (C=O) groups is 1. The van der Waals surface area contributed by atoms with Gasteiger partial charge in [-0.3, -0.25) is 10.1 Å². The zero-order chi connectivity index (χ0) is 14.0. The van der Waals surface area contributed by atoms with Crippen molar-refractivity contribution in [1.29, 1.82) is 0 Å². The highest BCUT2D eigenvalue weighted by atomic mass is 19.1. The molecule has 0 saturated carbocycles. The molecule has 1 aliphatic rings. The molecule has 8 nitrogen and oxygen atoms in total. The number of halogens is 1. The highest BCUT2D eigenvalue weighted by molar-refractivity contribution is 5.65. The van der Waals surface area contributed by atoms with Crippen molar-refractivity contribution in [3.63, 3.8) is 0 Å². The minimum atomic E-state index is -1.45. The zero-order valence-corrected chi connectivity index (χ0v) is 9.60. The van der Waals surface area contributed by atoms with Gasteiger partial charge < -0.3 is 14.7 Å². The van der Waals surface area contributed by atoms with Gasteiger partial charge in [0, 0.05) is 12.1 Å². The summed E-state index contributed by atoms with van der Waals surface area (Å²) in [7, 11) is 0. The van der Waals surface area contributed by atoms with Crippen LogP contribution in [0.1, 0.15) is 0 Å². The number of pyridine rings is 1. The Bertz CT molecular complexity index is 494. The third-order valence-electron chi connectivity index (χ3n) is 2.67. The van der Waals surface area contributed by atoms with Gasteiger partial charge in [-0.05, 0) is 0 Å². The molecule has 2 atom stereocenters. The Morgan fingerprint density at radius 1 is 1.58 bits per heavy atom. The van der Waals surface area contributed by atoms with Gasteiger partial charge in [0.05, 0.1) is 18.0 Å². The third-order valence-corrected chi connectivity index (χ3v) is 2.67. The molecule has 1 saturated heterocycles. The van der Waals surface area contributed by atoms with Gasteiger partial charge in [-0.15, -0.1) is 0 Å². The third kappa shape index (κ3) is 2.87. The van der Waals surface area contributed by atoms with Crippen LogP contribution in [0.5, 0.6) is 5.88 Å². The number of hydrogen-bond acceptors (Lipinski definition) is 5. The van der Waals surface area contributed by atoms with Crippen molar-refractivity contribution >= 4 is 11.8 Å². The van der Waals surface area contributed by atoms with E-state index in [-0.39, 0.29) is 24.7 Å². The molecule has 9 heteroatoms. The summed E-state index contributed by atoms with van der Waals surface area (Å²) in [6.07, 6.45) is -2.63. The topological polar surface area (TPSA) is 106 Å². The van der Waals surface area contributed by atoms with Crippen LogP contribution in [0, 0.1) is 10.1 Å². The van der Waals surface area contributed by atoms with Crippen LogP contribution >= 0.6 is 0 Å². The zero-order valence-electron chi connectivity index (χ0n) is 9.60. The predicted molar refractivity (Wildman–Crippen MR) is 59.8 cm³/mol. The van der Waals surface area contributed by atoms with E-state index in [1.54, 1.807) is 0 Å². The molecule has 2 heterocycles. The summed E-state index contributed by atoms with van der Waals surface area (Å²) in [5, 5.41) is 19.1. The van der Waals surface area contributed by atoms with Crippen molar-refractivity contribution in [3.8, 4) is 5.88 Å². The number of ether oxygens (including phenoxy) is 1. The number of rotatable bonds is 3. The molecule has 1 aliphatic heterocycles. The lowest BCUT2D eigenvalue weighted by atomic mass is 10.3. The number of hydrogen-bond donors (Lipinski definition) is 1. The van der Waals surface area contributed by atoms with E-state index in [0.717, 1.165) is 11.1 Å². The van der Waals surface area contributed by atoms with Gasteiger partial charge in [0.2, 0.25) is 5.88 Å². The molecule has 0 aromatic carbocycles. The first-order valence-electron chi connectivity index (χ1n) is 5.36. The molecule has 0 bridgehead atoms. The highest BCUT2D eigenvalue weighted by Gasteiger charge is 2.37. The summed E-state index contributed by atoms with van der Waals surface area (Å²) >= 11 is 0. The van der Waals surface area contributed by atoms with Gasteiger partial charge in [-0.25, -0.2) is 14.2 Å². The molecule has 19 heavy (non-hydrogen) atoms. The number of amides is 1. The molecule has 0 unspecified atom stereocenters. The number of alkyl halides is 1. The Morgan fingerprint density at radius 2 is 2.32 bits per heavy atom. The van der Waals surface area contributed by atoms with Crippen molar-refractivity contribution in [3.05, 3.63) is 28.4 Å². The summed E-state index contributed by atoms with van der Waals surface area (Å²) < 4.78 is 18.7. The second kappa shape index (κ2) is 5.04. The monoisotopic (exact) mass is 271 g/mol. The van der Waals surface area contributed by atoms with Crippen LogP contribution in [0.4, 0.5) is 14.9 Å². The smallest absolute Gasteiger partial charge is 0.407 e. The average molecular weight is 271 g/mol. The minimum Gasteiger partial charge on any atom is -0.469 e. The summed E-state index contributed by atoms with van der Waals surface area (Å²) in [6.45, 7) is -0.359. The maximum absolute atomic E-state index is 13.5. The summed E-state index contributed by atoms with van der Waals surface area (Å²) in [4.78, 5) is 25.1. The predicted octanol–water partition coefficient (Wildman–Crippen LogP) is 1.07. The molecule has 1 N–H and O–H groups in total. The molecule has 102 valence electrons. The van der Waals surface area contributed by atoms with Crippen molar-refractivity contribution in [2.75, 3.05) is 13.1 Å². The van der Waals surface area contributed by atoms with E-state index in [0.29, 0.717) is 0 Å². The molecule has 1 aromatic rings. The van der Waals surface area contributed by atoms with Crippen LogP contribution < -0.4 is 4.74 Å². The number of nitrogens with zero attached hydrogens (tertiary/aromatic N) is 3. The van der Waals surface area contributed by atoms with E-state index in [4.69, 9.17) is 9.84 Å². The molecular weight excluding hydrogens is 261 g/mol. The summed E-state index contributed by atoms with van der Waals surface area (Å²) in [5.74, 6) is 0.0190. The highest BCUT2D eigenvalue weighted by Crippen LogP contribution is 2.20. The van der Waals surface area contributed by atoms with Crippen LogP contribution in [-0.4, -0.2) is 51.4 Å². The van der Waals surface area contributed by atoms with Crippen LogP contribution in [0.15, 0.2) is 18.3 Å². The van der Waals surface area contributed by atoms with Crippen molar-refractivity contribution < 1.29 is 24.0 Å². The lowest BCUT2D eigenvalue weighted by molar-refractivity contribution is -0.385. The van der Waals surface area contributed by atoms with E-state index in [1.165, 1.54) is 12.1 Å².